The molecule has 0 aromatic heterocycles. The van der Waals surface area contributed by atoms with Crippen LogP contribution in [0.5, 0.6) is 0 Å². The molecule has 0 aliphatic rings. The number of hydrogen-bond donors (Lipinski definition) is 1. The molecule has 0 heterocycles. The van der Waals surface area contributed by atoms with Crippen LogP contribution in [0.25, 0.3) is 0 Å². The lowest BCUT2D eigenvalue weighted by Gasteiger charge is -2.00. The third-order valence-electron chi connectivity index (χ3n) is 1.53. The molecule has 0 fully saturated rings. The molecule has 0 bridgehead atoms. The predicted octanol–water partition coefficient (Wildman–Crippen LogP) is 2.37. The molecule has 66 valence electrons. The summed E-state index contributed by atoms with van der Waals surface area (Å²) in [6.45, 7) is 1.89. The zero-order valence-electron chi connectivity index (χ0n) is 6.58. The van der Waals surface area contributed by atoms with Gasteiger partial charge in [-0.3, -0.25) is 0 Å². The van der Waals surface area contributed by atoms with Crippen LogP contribution in [-0.4, -0.2) is 8.76 Å². The van der Waals surface area contributed by atoms with Crippen LogP contribution in [0.15, 0.2) is 18.2 Å². The normalized spacial score (nSPS) is 12.9. The smallest absolute Gasteiger partial charge is 0.157 e. The average molecular weight is 205 g/mol. The van der Waals surface area contributed by atoms with Gasteiger partial charge in [0.2, 0.25) is 0 Å². The SMILES string of the molecule is Cc1ccc(CS(=O)O)cc1Cl. The fourth-order valence-corrected chi connectivity index (χ4v) is 1.54. The summed E-state index contributed by atoms with van der Waals surface area (Å²) in [5.41, 5.74) is 1.76. The van der Waals surface area contributed by atoms with Crippen molar-refractivity contribution in [2.24, 2.45) is 0 Å². The molecule has 0 saturated heterocycles. The summed E-state index contributed by atoms with van der Waals surface area (Å²) in [6, 6.07) is 5.35. The van der Waals surface area contributed by atoms with Crippen molar-refractivity contribution in [2.45, 2.75) is 12.7 Å². The monoisotopic (exact) mass is 204 g/mol. The number of benzene rings is 1. The zero-order valence-corrected chi connectivity index (χ0v) is 8.15. The molecule has 1 N–H and O–H groups in total. The molecule has 0 aliphatic carbocycles. The Morgan fingerprint density at radius 3 is 2.75 bits per heavy atom. The van der Waals surface area contributed by atoms with Crippen molar-refractivity contribution in [3.8, 4) is 0 Å². The molecule has 4 heteroatoms. The van der Waals surface area contributed by atoms with Gasteiger partial charge in [-0.25, -0.2) is 4.21 Å². The van der Waals surface area contributed by atoms with E-state index in [1.54, 1.807) is 12.1 Å². The fraction of sp³-hybridized carbons (Fsp3) is 0.250. The third-order valence-corrected chi connectivity index (χ3v) is 2.51. The summed E-state index contributed by atoms with van der Waals surface area (Å²) in [5, 5.41) is 0.637. The number of aryl methyl sites for hydroxylation is 1. The molecule has 1 aromatic rings. The molecule has 12 heavy (non-hydrogen) atoms. The van der Waals surface area contributed by atoms with Crippen LogP contribution in [0.3, 0.4) is 0 Å². The Hall–Kier alpha value is -0.380. The Balaban J connectivity index is 2.89. The minimum absolute atomic E-state index is 0.139. The van der Waals surface area contributed by atoms with Gasteiger partial charge < -0.3 is 4.55 Å². The maximum Gasteiger partial charge on any atom is 0.157 e. The first-order chi connectivity index (χ1) is 5.59. The van der Waals surface area contributed by atoms with Crippen LogP contribution in [-0.2, 0) is 16.8 Å². The Labute approximate surface area is 78.8 Å². The van der Waals surface area contributed by atoms with E-state index in [9.17, 15) is 4.21 Å². The fourth-order valence-electron chi connectivity index (χ4n) is 0.869. The molecule has 0 amide bonds. The van der Waals surface area contributed by atoms with Crippen LogP contribution in [0.2, 0.25) is 5.02 Å². The van der Waals surface area contributed by atoms with Crippen molar-refractivity contribution < 1.29 is 8.76 Å². The summed E-state index contributed by atoms with van der Waals surface area (Å²) in [6.07, 6.45) is 0. The summed E-state index contributed by atoms with van der Waals surface area (Å²) >= 11 is 4.03. The van der Waals surface area contributed by atoms with E-state index in [1.165, 1.54) is 0 Å². The number of hydrogen-bond acceptors (Lipinski definition) is 1. The quantitative estimate of drug-likeness (QED) is 0.752. The van der Waals surface area contributed by atoms with Crippen LogP contribution >= 0.6 is 11.6 Å². The second-order valence-electron chi connectivity index (χ2n) is 2.55. The first kappa shape index (κ1) is 9.71. The van der Waals surface area contributed by atoms with Crippen molar-refractivity contribution in [1.29, 1.82) is 0 Å². The predicted molar refractivity (Wildman–Crippen MR) is 50.7 cm³/mol. The van der Waals surface area contributed by atoms with E-state index in [0.29, 0.717) is 5.02 Å². The second-order valence-corrected chi connectivity index (χ2v) is 3.89. The average Bonchev–Trinajstić information content (AvgIpc) is 1.96. The maximum absolute atomic E-state index is 10.4. The van der Waals surface area contributed by atoms with Crippen molar-refractivity contribution in [3.05, 3.63) is 34.3 Å². The molecule has 0 spiro atoms. The van der Waals surface area contributed by atoms with Gasteiger partial charge in [0.05, 0.1) is 5.75 Å². The molecular formula is C8H9ClO2S. The van der Waals surface area contributed by atoms with Crippen molar-refractivity contribution in [3.63, 3.8) is 0 Å². The summed E-state index contributed by atoms with van der Waals surface area (Å²) < 4.78 is 19.0. The van der Waals surface area contributed by atoms with Gasteiger partial charge >= 0.3 is 0 Å². The Morgan fingerprint density at radius 2 is 2.25 bits per heavy atom. The van der Waals surface area contributed by atoms with Crippen LogP contribution in [0, 0.1) is 6.92 Å². The van der Waals surface area contributed by atoms with E-state index >= 15 is 0 Å². The molecule has 0 saturated carbocycles. The summed E-state index contributed by atoms with van der Waals surface area (Å²) in [7, 11) is 0. The van der Waals surface area contributed by atoms with Gasteiger partial charge in [0.25, 0.3) is 0 Å². The Kier molecular flexibility index (Phi) is 3.26. The lowest BCUT2D eigenvalue weighted by molar-refractivity contribution is 0.563. The third kappa shape index (κ3) is 2.59. The van der Waals surface area contributed by atoms with Crippen molar-refractivity contribution >= 4 is 22.7 Å². The number of rotatable bonds is 2. The maximum atomic E-state index is 10.4. The Bertz CT molecular complexity index is 312. The highest BCUT2D eigenvalue weighted by molar-refractivity contribution is 7.78. The van der Waals surface area contributed by atoms with E-state index in [4.69, 9.17) is 16.2 Å². The van der Waals surface area contributed by atoms with Gasteiger partial charge in [0, 0.05) is 5.02 Å². The minimum atomic E-state index is -1.79. The first-order valence-electron chi connectivity index (χ1n) is 3.42. The van der Waals surface area contributed by atoms with Gasteiger partial charge in [-0.2, -0.15) is 0 Å². The Morgan fingerprint density at radius 1 is 1.58 bits per heavy atom. The molecule has 0 radical (unpaired) electrons. The van der Waals surface area contributed by atoms with Gasteiger partial charge in [0.15, 0.2) is 11.1 Å². The van der Waals surface area contributed by atoms with Gasteiger partial charge in [0.1, 0.15) is 0 Å². The van der Waals surface area contributed by atoms with Crippen LogP contribution in [0.4, 0.5) is 0 Å². The standard InChI is InChI=1S/C8H9ClO2S/c1-6-2-3-7(4-8(6)9)5-12(10)11/h2-4H,5H2,1H3,(H,10,11). The van der Waals surface area contributed by atoms with Crippen LogP contribution < -0.4 is 0 Å². The van der Waals surface area contributed by atoms with Crippen molar-refractivity contribution in [2.75, 3.05) is 0 Å². The highest BCUT2D eigenvalue weighted by Crippen LogP contribution is 2.17. The van der Waals surface area contributed by atoms with Gasteiger partial charge in [-0.1, -0.05) is 23.7 Å². The molecular weight excluding hydrogens is 196 g/mol. The molecule has 2 nitrogen and oxygen atoms in total. The lowest BCUT2D eigenvalue weighted by atomic mass is 10.2. The highest BCUT2D eigenvalue weighted by atomic mass is 35.5. The molecule has 0 aliphatic heterocycles. The van der Waals surface area contributed by atoms with Gasteiger partial charge in [-0.15, -0.1) is 0 Å². The minimum Gasteiger partial charge on any atom is -0.306 e. The second kappa shape index (κ2) is 4.03. The lowest BCUT2D eigenvalue weighted by Crippen LogP contribution is -1.92. The van der Waals surface area contributed by atoms with E-state index in [0.717, 1.165) is 11.1 Å². The molecule has 1 atom stereocenters. The molecule has 1 aromatic carbocycles. The molecule has 1 unspecified atom stereocenters. The molecule has 1 rings (SSSR count). The van der Waals surface area contributed by atoms with E-state index in [2.05, 4.69) is 0 Å². The summed E-state index contributed by atoms with van der Waals surface area (Å²) in [5.74, 6) is 0.139. The first-order valence-corrected chi connectivity index (χ1v) is 5.07. The van der Waals surface area contributed by atoms with E-state index in [1.807, 2.05) is 13.0 Å². The summed E-state index contributed by atoms with van der Waals surface area (Å²) in [4.78, 5) is 0. The van der Waals surface area contributed by atoms with E-state index in [-0.39, 0.29) is 5.75 Å². The van der Waals surface area contributed by atoms with E-state index < -0.39 is 11.1 Å². The van der Waals surface area contributed by atoms with Crippen LogP contribution in [0.1, 0.15) is 11.1 Å². The van der Waals surface area contributed by atoms with Gasteiger partial charge in [-0.05, 0) is 24.1 Å². The van der Waals surface area contributed by atoms with Crippen molar-refractivity contribution in [1.82, 2.24) is 0 Å². The number of halogens is 1. The highest BCUT2D eigenvalue weighted by Gasteiger charge is 2.00. The topological polar surface area (TPSA) is 37.3 Å². The zero-order chi connectivity index (χ0) is 9.14. The largest absolute Gasteiger partial charge is 0.306 e.